The van der Waals surface area contributed by atoms with Gasteiger partial charge in [-0.15, -0.1) is 0 Å². The summed E-state index contributed by atoms with van der Waals surface area (Å²) < 4.78 is 16.3. The Kier molecular flexibility index (Phi) is 7.65. The first kappa shape index (κ1) is 22.0. The van der Waals surface area contributed by atoms with Crippen LogP contribution in [0.4, 0.5) is 4.79 Å². The van der Waals surface area contributed by atoms with E-state index in [0.29, 0.717) is 48.3 Å². The Morgan fingerprint density at radius 2 is 2.21 bits per heavy atom. The number of halogens is 1. The summed E-state index contributed by atoms with van der Waals surface area (Å²) in [6, 6.07) is 1.64. The molecule has 0 bridgehead atoms. The topological polar surface area (TPSA) is 99.3 Å². The summed E-state index contributed by atoms with van der Waals surface area (Å²) in [6.45, 7) is 7.34. The van der Waals surface area contributed by atoms with Crippen LogP contribution < -0.4 is 10.5 Å². The highest BCUT2D eigenvalue weighted by Gasteiger charge is 2.22. The molecule has 0 unspecified atom stereocenters. The van der Waals surface area contributed by atoms with Crippen LogP contribution in [0.15, 0.2) is 23.5 Å². The van der Waals surface area contributed by atoms with Gasteiger partial charge in [0, 0.05) is 49.4 Å². The number of amides is 1. The number of nitrogens with two attached hydrogens (primary N) is 1. The second-order valence-corrected chi connectivity index (χ2v) is 7.73. The normalized spacial score (nSPS) is 15.4. The van der Waals surface area contributed by atoms with E-state index in [0.717, 1.165) is 0 Å². The average Bonchev–Trinajstić information content (AvgIpc) is 2.57. The van der Waals surface area contributed by atoms with Crippen molar-refractivity contribution in [2.75, 3.05) is 33.4 Å². The van der Waals surface area contributed by atoms with Crippen molar-refractivity contribution in [3.8, 4) is 5.75 Å². The molecule has 0 aliphatic carbocycles. The van der Waals surface area contributed by atoms with Gasteiger partial charge in [-0.1, -0.05) is 11.6 Å². The molecule has 0 aromatic carbocycles. The molecule has 1 aromatic rings. The molecule has 2 rings (SSSR count). The van der Waals surface area contributed by atoms with Crippen molar-refractivity contribution >= 4 is 29.5 Å². The largest absolute Gasteiger partial charge is 0.485 e. The van der Waals surface area contributed by atoms with Crippen molar-refractivity contribution in [2.24, 2.45) is 10.7 Å². The predicted octanol–water partition coefficient (Wildman–Crippen LogP) is 2.75. The molecular formula is C19H27ClN4O4. The first-order valence-corrected chi connectivity index (χ1v) is 9.33. The summed E-state index contributed by atoms with van der Waals surface area (Å²) in [5, 5.41) is 0.325. The van der Waals surface area contributed by atoms with Crippen molar-refractivity contribution in [2.45, 2.75) is 32.5 Å². The molecule has 0 saturated carbocycles. The lowest BCUT2D eigenvalue weighted by molar-refractivity contribution is -0.0797. The number of aliphatic imine (C=N–C) groups is 1. The molecule has 0 spiro atoms. The summed E-state index contributed by atoms with van der Waals surface area (Å²) in [7, 11) is 1.67. The summed E-state index contributed by atoms with van der Waals surface area (Å²) in [6.07, 6.45) is 4.23. The SMILES string of the molecule is CN(CCN=C/C(=C\N)c1cnc(Cl)cc1OC1COC1)C(=O)OC(C)(C)C. The first-order chi connectivity index (χ1) is 13.2. The predicted molar refractivity (Wildman–Crippen MR) is 109 cm³/mol. The molecule has 0 atom stereocenters. The highest BCUT2D eigenvalue weighted by molar-refractivity contribution is 6.29. The number of rotatable bonds is 7. The van der Waals surface area contributed by atoms with Crippen LogP contribution >= 0.6 is 11.6 Å². The summed E-state index contributed by atoms with van der Waals surface area (Å²) >= 11 is 5.99. The summed E-state index contributed by atoms with van der Waals surface area (Å²) in [5.41, 5.74) is 6.56. The lowest BCUT2D eigenvalue weighted by atomic mass is 10.1. The van der Waals surface area contributed by atoms with Crippen LogP contribution in [0.25, 0.3) is 5.57 Å². The third-order valence-corrected chi connectivity index (χ3v) is 3.93. The van der Waals surface area contributed by atoms with E-state index < -0.39 is 11.7 Å². The van der Waals surface area contributed by atoms with Crippen LogP contribution in [0.1, 0.15) is 26.3 Å². The lowest BCUT2D eigenvalue weighted by Crippen LogP contribution is -2.38. The van der Waals surface area contributed by atoms with Gasteiger partial charge in [0.1, 0.15) is 22.6 Å². The van der Waals surface area contributed by atoms with E-state index in [1.54, 1.807) is 25.5 Å². The number of carbonyl (C=O) groups excluding carboxylic acids is 1. The smallest absolute Gasteiger partial charge is 0.410 e. The van der Waals surface area contributed by atoms with Crippen LogP contribution in [-0.4, -0.2) is 67.2 Å². The Balaban J connectivity index is 1.97. The lowest BCUT2D eigenvalue weighted by Gasteiger charge is -2.27. The van der Waals surface area contributed by atoms with Gasteiger partial charge in [0.15, 0.2) is 0 Å². The molecule has 1 aliphatic rings. The molecule has 28 heavy (non-hydrogen) atoms. The highest BCUT2D eigenvalue weighted by atomic mass is 35.5. The third-order valence-electron chi connectivity index (χ3n) is 3.72. The van der Waals surface area contributed by atoms with Gasteiger partial charge in [-0.25, -0.2) is 9.78 Å². The number of pyridine rings is 1. The van der Waals surface area contributed by atoms with Gasteiger partial charge in [-0.3, -0.25) is 4.99 Å². The van der Waals surface area contributed by atoms with E-state index in [9.17, 15) is 4.79 Å². The molecule has 0 radical (unpaired) electrons. The molecule has 1 aromatic heterocycles. The van der Waals surface area contributed by atoms with Crippen molar-refractivity contribution in [1.82, 2.24) is 9.88 Å². The van der Waals surface area contributed by atoms with Crippen LogP contribution in [-0.2, 0) is 9.47 Å². The Morgan fingerprint density at radius 3 is 2.79 bits per heavy atom. The Morgan fingerprint density at radius 1 is 1.50 bits per heavy atom. The van der Waals surface area contributed by atoms with Crippen molar-refractivity contribution in [1.29, 1.82) is 0 Å². The minimum absolute atomic E-state index is 0.0179. The van der Waals surface area contributed by atoms with E-state index in [1.165, 1.54) is 11.1 Å². The second kappa shape index (κ2) is 9.75. The zero-order chi connectivity index (χ0) is 20.7. The number of likely N-dealkylation sites (N-methyl/N-ethyl adjacent to an activating group) is 1. The molecule has 154 valence electrons. The van der Waals surface area contributed by atoms with Crippen LogP contribution in [0.3, 0.4) is 0 Å². The quantitative estimate of drug-likeness (QED) is 0.548. The molecule has 1 fully saturated rings. The fourth-order valence-electron chi connectivity index (χ4n) is 2.19. The van der Waals surface area contributed by atoms with Gasteiger partial charge in [-0.2, -0.15) is 0 Å². The zero-order valence-electron chi connectivity index (χ0n) is 16.6. The molecule has 1 aliphatic heterocycles. The minimum Gasteiger partial charge on any atom is -0.485 e. The molecule has 1 amide bonds. The van der Waals surface area contributed by atoms with E-state index in [2.05, 4.69) is 9.98 Å². The van der Waals surface area contributed by atoms with Crippen molar-refractivity contribution < 1.29 is 19.0 Å². The Hall–Kier alpha value is -2.32. The van der Waals surface area contributed by atoms with Crippen LogP contribution in [0.5, 0.6) is 5.75 Å². The Bertz CT molecular complexity index is 742. The van der Waals surface area contributed by atoms with E-state index in [4.69, 9.17) is 31.5 Å². The fourth-order valence-corrected chi connectivity index (χ4v) is 2.34. The molecule has 2 heterocycles. The highest BCUT2D eigenvalue weighted by Crippen LogP contribution is 2.28. The van der Waals surface area contributed by atoms with Gasteiger partial charge >= 0.3 is 6.09 Å². The maximum Gasteiger partial charge on any atom is 0.410 e. The van der Waals surface area contributed by atoms with E-state index in [-0.39, 0.29) is 6.10 Å². The monoisotopic (exact) mass is 410 g/mol. The number of hydrogen-bond donors (Lipinski definition) is 1. The van der Waals surface area contributed by atoms with Crippen molar-refractivity contribution in [3.05, 3.63) is 29.2 Å². The van der Waals surface area contributed by atoms with Gasteiger partial charge in [0.2, 0.25) is 0 Å². The fraction of sp³-hybridized carbons (Fsp3) is 0.526. The number of allylic oxidation sites excluding steroid dienone is 1. The number of carbonyl (C=O) groups is 1. The molecule has 8 nitrogen and oxygen atoms in total. The number of hydrogen-bond acceptors (Lipinski definition) is 7. The number of aromatic nitrogens is 1. The second-order valence-electron chi connectivity index (χ2n) is 7.34. The average molecular weight is 411 g/mol. The Labute approximate surface area is 170 Å². The van der Waals surface area contributed by atoms with Gasteiger partial charge in [-0.05, 0) is 20.8 Å². The number of nitrogens with zero attached hydrogens (tertiary/aromatic N) is 3. The van der Waals surface area contributed by atoms with Gasteiger partial charge in [0.25, 0.3) is 0 Å². The maximum atomic E-state index is 12.0. The van der Waals surface area contributed by atoms with E-state index in [1.807, 2.05) is 20.8 Å². The van der Waals surface area contributed by atoms with E-state index >= 15 is 0 Å². The molecule has 9 heteroatoms. The van der Waals surface area contributed by atoms with Crippen LogP contribution in [0.2, 0.25) is 5.15 Å². The third kappa shape index (κ3) is 6.69. The first-order valence-electron chi connectivity index (χ1n) is 8.96. The minimum atomic E-state index is -0.534. The maximum absolute atomic E-state index is 12.0. The molecule has 2 N–H and O–H groups in total. The van der Waals surface area contributed by atoms with Crippen LogP contribution in [0, 0.1) is 0 Å². The summed E-state index contributed by atoms with van der Waals surface area (Å²) in [5.74, 6) is 0.572. The number of ether oxygens (including phenoxy) is 3. The molecular weight excluding hydrogens is 384 g/mol. The summed E-state index contributed by atoms with van der Waals surface area (Å²) in [4.78, 5) is 21.9. The standard InChI is InChI=1S/C19H27ClN4O4/c1-19(2,3)28-18(25)24(4)6-5-22-9-13(8-21)15-10-23-17(20)7-16(15)27-14-11-26-12-14/h7-10,14H,5-6,11-12,21H2,1-4H3/b13-8+,22-9?. The van der Waals surface area contributed by atoms with Gasteiger partial charge in [0.05, 0.1) is 19.8 Å². The van der Waals surface area contributed by atoms with Crippen molar-refractivity contribution in [3.63, 3.8) is 0 Å². The van der Waals surface area contributed by atoms with Gasteiger partial charge < -0.3 is 24.8 Å². The zero-order valence-corrected chi connectivity index (χ0v) is 17.4. The molecule has 1 saturated heterocycles.